The smallest absolute Gasteiger partial charge is 0.212 e. The first-order valence-electron chi connectivity index (χ1n) is 8.65. The largest absolute Gasteiger partial charge is 0.481 e. The number of hydrogen-bond donors (Lipinski definition) is 0. The zero-order chi connectivity index (χ0) is 17.4. The molecule has 0 amide bonds. The summed E-state index contributed by atoms with van der Waals surface area (Å²) in [6.07, 6.45) is 7.20. The number of ether oxygens (including phenoxy) is 1. The normalized spacial score (nSPS) is 15.0. The molecule has 0 N–H and O–H groups in total. The number of likely N-dealkylation sites (N-methyl/N-ethyl adjacent to an activating group) is 1. The molecule has 1 aliphatic heterocycles. The molecular weight excluding hydrogens is 310 g/mol. The molecule has 128 valence electrons. The van der Waals surface area contributed by atoms with Crippen molar-refractivity contribution in [3.63, 3.8) is 0 Å². The van der Waals surface area contributed by atoms with Crippen molar-refractivity contribution in [2.45, 2.75) is 19.9 Å². The molecular formula is C21H23N3O. The molecule has 1 aromatic carbocycles. The minimum Gasteiger partial charge on any atom is -0.481 e. The first-order chi connectivity index (χ1) is 12.2. The van der Waals surface area contributed by atoms with Crippen molar-refractivity contribution in [1.29, 1.82) is 0 Å². The summed E-state index contributed by atoms with van der Waals surface area (Å²) in [7, 11) is 3.83. The quantitative estimate of drug-likeness (QED) is 0.726. The fraction of sp³-hybridized carbons (Fsp3) is 0.286. The average molecular weight is 333 g/mol. The maximum atomic E-state index is 5.13. The molecule has 0 saturated heterocycles. The van der Waals surface area contributed by atoms with Crippen molar-refractivity contribution in [1.82, 2.24) is 14.5 Å². The zero-order valence-corrected chi connectivity index (χ0v) is 15.0. The van der Waals surface area contributed by atoms with Crippen molar-refractivity contribution in [2.24, 2.45) is 0 Å². The Balaban J connectivity index is 1.79. The Morgan fingerprint density at radius 3 is 2.84 bits per heavy atom. The lowest BCUT2D eigenvalue weighted by Gasteiger charge is -2.23. The van der Waals surface area contributed by atoms with Gasteiger partial charge in [-0.2, -0.15) is 0 Å². The Hall–Kier alpha value is -2.59. The Kier molecular flexibility index (Phi) is 4.06. The molecule has 3 heterocycles. The summed E-state index contributed by atoms with van der Waals surface area (Å²) in [4.78, 5) is 6.67. The van der Waals surface area contributed by atoms with Crippen LogP contribution < -0.4 is 4.74 Å². The SMILES string of the molecule is COc1ccc(C=Cn2c3c(c4cc(C)ccc42)CN(C)CC3)cn1. The lowest BCUT2D eigenvalue weighted by Crippen LogP contribution is -2.26. The number of aryl methyl sites for hydroxylation is 1. The molecule has 3 aromatic rings. The maximum Gasteiger partial charge on any atom is 0.212 e. The van der Waals surface area contributed by atoms with Crippen molar-refractivity contribution < 1.29 is 4.74 Å². The number of pyridine rings is 1. The van der Waals surface area contributed by atoms with Crippen LogP contribution in [0.15, 0.2) is 36.5 Å². The van der Waals surface area contributed by atoms with Crippen LogP contribution in [0.4, 0.5) is 0 Å². The number of hydrogen-bond acceptors (Lipinski definition) is 3. The van der Waals surface area contributed by atoms with E-state index in [9.17, 15) is 0 Å². The molecule has 1 aliphatic rings. The van der Waals surface area contributed by atoms with Crippen LogP contribution in [0.2, 0.25) is 0 Å². The van der Waals surface area contributed by atoms with E-state index in [0.717, 1.165) is 25.1 Å². The Labute approximate surface area is 148 Å². The predicted molar refractivity (Wildman–Crippen MR) is 103 cm³/mol. The molecule has 0 saturated carbocycles. The van der Waals surface area contributed by atoms with Gasteiger partial charge in [-0.15, -0.1) is 0 Å². The van der Waals surface area contributed by atoms with Gasteiger partial charge < -0.3 is 14.2 Å². The van der Waals surface area contributed by atoms with Gasteiger partial charge in [0.1, 0.15) is 0 Å². The van der Waals surface area contributed by atoms with Crippen molar-refractivity contribution in [3.05, 3.63) is 58.9 Å². The second-order valence-corrected chi connectivity index (χ2v) is 6.75. The molecule has 0 aliphatic carbocycles. The summed E-state index contributed by atoms with van der Waals surface area (Å²) in [5.74, 6) is 0.638. The number of benzene rings is 1. The van der Waals surface area contributed by atoms with E-state index in [1.54, 1.807) is 7.11 Å². The molecule has 0 bridgehead atoms. The van der Waals surface area contributed by atoms with Gasteiger partial charge in [0, 0.05) is 49.1 Å². The summed E-state index contributed by atoms with van der Waals surface area (Å²) in [5, 5.41) is 1.37. The number of fused-ring (bicyclic) bond motifs is 3. The van der Waals surface area contributed by atoms with Crippen LogP contribution in [0.5, 0.6) is 5.88 Å². The van der Waals surface area contributed by atoms with Gasteiger partial charge in [0.2, 0.25) is 5.88 Å². The molecule has 0 unspecified atom stereocenters. The summed E-state index contributed by atoms with van der Waals surface area (Å²) < 4.78 is 7.48. The monoisotopic (exact) mass is 333 g/mol. The molecule has 0 atom stereocenters. The summed E-state index contributed by atoms with van der Waals surface area (Å²) in [6, 6.07) is 10.7. The van der Waals surface area contributed by atoms with Crippen LogP contribution in [0.3, 0.4) is 0 Å². The minimum atomic E-state index is 0.638. The number of rotatable bonds is 3. The van der Waals surface area contributed by atoms with Crippen LogP contribution >= 0.6 is 0 Å². The molecule has 4 rings (SSSR count). The highest BCUT2D eigenvalue weighted by Crippen LogP contribution is 2.31. The van der Waals surface area contributed by atoms with Crippen molar-refractivity contribution >= 4 is 23.2 Å². The Morgan fingerprint density at radius 2 is 2.08 bits per heavy atom. The van der Waals surface area contributed by atoms with Crippen LogP contribution in [-0.4, -0.2) is 35.2 Å². The molecule has 2 aromatic heterocycles. The number of nitrogens with zero attached hydrogens (tertiary/aromatic N) is 3. The molecule has 4 heteroatoms. The lowest BCUT2D eigenvalue weighted by molar-refractivity contribution is 0.312. The molecule has 0 spiro atoms. The second kappa shape index (κ2) is 6.37. The van der Waals surface area contributed by atoms with Gasteiger partial charge in [0.25, 0.3) is 0 Å². The maximum absolute atomic E-state index is 5.13. The van der Waals surface area contributed by atoms with E-state index < -0.39 is 0 Å². The standard InChI is InChI=1S/C21H23N3O/c1-15-4-6-19-17(12-15)18-14-23(2)10-9-20(18)24(19)11-8-16-5-7-21(25-3)22-13-16/h4-8,11-13H,9-10,14H2,1-3H3. The third-order valence-corrected chi connectivity index (χ3v) is 4.92. The van der Waals surface area contributed by atoms with Gasteiger partial charge in [0.05, 0.1) is 12.6 Å². The van der Waals surface area contributed by atoms with E-state index in [4.69, 9.17) is 4.74 Å². The van der Waals surface area contributed by atoms with E-state index in [1.165, 1.54) is 27.7 Å². The third kappa shape index (κ3) is 2.94. The van der Waals surface area contributed by atoms with Crippen LogP contribution in [0.1, 0.15) is 22.4 Å². The summed E-state index contributed by atoms with van der Waals surface area (Å²) >= 11 is 0. The highest BCUT2D eigenvalue weighted by atomic mass is 16.5. The lowest BCUT2D eigenvalue weighted by atomic mass is 10.0. The third-order valence-electron chi connectivity index (χ3n) is 4.92. The molecule has 0 radical (unpaired) electrons. The van der Waals surface area contributed by atoms with Crippen LogP contribution in [-0.2, 0) is 13.0 Å². The van der Waals surface area contributed by atoms with E-state index in [1.807, 2.05) is 18.3 Å². The average Bonchev–Trinajstić information content (AvgIpc) is 2.92. The fourth-order valence-corrected chi connectivity index (χ4v) is 3.58. The first kappa shape index (κ1) is 15.9. The van der Waals surface area contributed by atoms with Gasteiger partial charge in [-0.05, 0) is 49.4 Å². The molecule has 4 nitrogen and oxygen atoms in total. The Bertz CT molecular complexity index is 938. The Morgan fingerprint density at radius 1 is 1.20 bits per heavy atom. The predicted octanol–water partition coefficient (Wildman–Crippen LogP) is 3.97. The van der Waals surface area contributed by atoms with Crippen LogP contribution in [0, 0.1) is 6.92 Å². The van der Waals surface area contributed by atoms with Crippen molar-refractivity contribution in [3.8, 4) is 5.88 Å². The van der Waals surface area contributed by atoms with Gasteiger partial charge in [-0.3, -0.25) is 0 Å². The molecule has 0 fully saturated rings. The van der Waals surface area contributed by atoms with Gasteiger partial charge in [-0.25, -0.2) is 4.98 Å². The number of aromatic nitrogens is 2. The van der Waals surface area contributed by atoms with Gasteiger partial charge in [-0.1, -0.05) is 11.6 Å². The van der Waals surface area contributed by atoms with Crippen molar-refractivity contribution in [2.75, 3.05) is 20.7 Å². The highest BCUT2D eigenvalue weighted by molar-refractivity contribution is 5.89. The minimum absolute atomic E-state index is 0.638. The first-order valence-corrected chi connectivity index (χ1v) is 8.65. The second-order valence-electron chi connectivity index (χ2n) is 6.75. The van der Waals surface area contributed by atoms with E-state index in [-0.39, 0.29) is 0 Å². The highest BCUT2D eigenvalue weighted by Gasteiger charge is 2.21. The van der Waals surface area contributed by atoms with E-state index in [2.05, 4.69) is 58.9 Å². The molecule has 25 heavy (non-hydrogen) atoms. The fourth-order valence-electron chi connectivity index (χ4n) is 3.58. The van der Waals surface area contributed by atoms with E-state index in [0.29, 0.717) is 5.88 Å². The number of methoxy groups -OCH3 is 1. The topological polar surface area (TPSA) is 30.3 Å². The van der Waals surface area contributed by atoms with Crippen LogP contribution in [0.25, 0.3) is 23.2 Å². The summed E-state index contributed by atoms with van der Waals surface area (Å²) in [5.41, 5.74) is 6.55. The van der Waals surface area contributed by atoms with Gasteiger partial charge >= 0.3 is 0 Å². The zero-order valence-electron chi connectivity index (χ0n) is 15.0. The van der Waals surface area contributed by atoms with E-state index >= 15 is 0 Å². The van der Waals surface area contributed by atoms with Gasteiger partial charge in [0.15, 0.2) is 0 Å². The summed E-state index contributed by atoms with van der Waals surface area (Å²) in [6.45, 7) is 4.27.